The number of hydrogen-bond donors (Lipinski definition) is 1. The van der Waals surface area contributed by atoms with Crippen molar-refractivity contribution in [2.45, 2.75) is 38.2 Å². The fourth-order valence-electron chi connectivity index (χ4n) is 4.15. The number of rotatable bonds is 9. The van der Waals surface area contributed by atoms with Gasteiger partial charge in [0, 0.05) is 24.0 Å². The molecule has 1 N–H and O–H groups in total. The molecule has 2 aromatic heterocycles. The molecule has 184 valence electrons. The summed E-state index contributed by atoms with van der Waals surface area (Å²) in [5.41, 5.74) is 1.98. The van der Waals surface area contributed by atoms with Crippen molar-refractivity contribution in [3.63, 3.8) is 0 Å². The average molecular weight is 487 g/mol. The monoisotopic (exact) mass is 486 g/mol. The summed E-state index contributed by atoms with van der Waals surface area (Å²) in [5.74, 6) is 2.63. The van der Waals surface area contributed by atoms with E-state index in [1.165, 1.54) is 19.2 Å². The van der Waals surface area contributed by atoms with Crippen molar-refractivity contribution in [2.75, 3.05) is 12.4 Å². The molecule has 4 aromatic rings. The maximum atomic E-state index is 12.8. The van der Waals surface area contributed by atoms with E-state index in [1.807, 2.05) is 30.3 Å². The van der Waals surface area contributed by atoms with Gasteiger partial charge in [0.2, 0.25) is 12.3 Å². The molecule has 1 saturated carbocycles. The Kier molecular flexibility index (Phi) is 7.07. The van der Waals surface area contributed by atoms with Gasteiger partial charge in [-0.2, -0.15) is 0 Å². The predicted octanol–water partition coefficient (Wildman–Crippen LogP) is 5.44. The Morgan fingerprint density at radius 3 is 2.72 bits per heavy atom. The Morgan fingerprint density at radius 2 is 1.92 bits per heavy atom. The lowest BCUT2D eigenvalue weighted by Crippen LogP contribution is -2.15. The number of anilines is 1. The molecule has 36 heavy (non-hydrogen) atoms. The van der Waals surface area contributed by atoms with E-state index >= 15 is 0 Å². The number of aromatic nitrogens is 3. The molecule has 0 saturated heterocycles. The van der Waals surface area contributed by atoms with Gasteiger partial charge in [0.1, 0.15) is 17.2 Å². The molecule has 2 aromatic carbocycles. The van der Waals surface area contributed by atoms with E-state index in [1.54, 1.807) is 37.6 Å². The molecule has 0 radical (unpaired) electrons. The second-order valence-electron chi connectivity index (χ2n) is 8.49. The van der Waals surface area contributed by atoms with E-state index < -0.39 is 0 Å². The molecule has 1 fully saturated rings. The Morgan fingerprint density at radius 1 is 1.06 bits per heavy atom. The van der Waals surface area contributed by atoms with Gasteiger partial charge in [-0.25, -0.2) is 0 Å². The molecule has 1 aliphatic rings. The number of benzene rings is 2. The molecule has 9 heteroatoms. The first-order valence-electron chi connectivity index (χ1n) is 11.8. The standard InChI is InChI=1S/C27H26N4O5/c1-33-24-10-9-18(13-25(24)36-20-6-2-3-7-20)14-26(32)30-19-5-4-8-21(15-19)35-22-11-12-28-23(16-22)27-31-29-17-34-27/h4-5,8-13,15-17,20H,2-3,6-7,14H2,1H3,(H,30,32). The summed E-state index contributed by atoms with van der Waals surface area (Å²) in [6.45, 7) is 0. The molecule has 5 rings (SSSR count). The van der Waals surface area contributed by atoms with Crippen LogP contribution in [0.2, 0.25) is 0 Å². The van der Waals surface area contributed by atoms with Gasteiger partial charge in [-0.05, 0) is 61.6 Å². The zero-order valence-corrected chi connectivity index (χ0v) is 19.8. The fraction of sp³-hybridized carbons (Fsp3) is 0.259. The highest BCUT2D eigenvalue weighted by molar-refractivity contribution is 5.92. The van der Waals surface area contributed by atoms with Crippen molar-refractivity contribution in [3.05, 3.63) is 72.8 Å². The first-order valence-corrected chi connectivity index (χ1v) is 11.8. The third-order valence-electron chi connectivity index (χ3n) is 5.85. The summed E-state index contributed by atoms with van der Waals surface area (Å²) in [7, 11) is 1.62. The molecular formula is C27H26N4O5. The summed E-state index contributed by atoms with van der Waals surface area (Å²) in [6, 6.07) is 16.2. The number of methoxy groups -OCH3 is 1. The van der Waals surface area contributed by atoms with Gasteiger partial charge in [-0.15, -0.1) is 10.2 Å². The molecule has 2 heterocycles. The number of amides is 1. The summed E-state index contributed by atoms with van der Waals surface area (Å²) >= 11 is 0. The van der Waals surface area contributed by atoms with Gasteiger partial charge in [-0.3, -0.25) is 9.78 Å². The smallest absolute Gasteiger partial charge is 0.266 e. The summed E-state index contributed by atoms with van der Waals surface area (Å²) in [6.07, 6.45) is 7.69. The van der Waals surface area contributed by atoms with Crippen molar-refractivity contribution >= 4 is 11.6 Å². The Hall–Kier alpha value is -4.40. The summed E-state index contributed by atoms with van der Waals surface area (Å²) < 4.78 is 22.7. The normalized spacial score (nSPS) is 13.4. The third kappa shape index (κ3) is 5.80. The minimum atomic E-state index is -0.147. The summed E-state index contributed by atoms with van der Waals surface area (Å²) in [4.78, 5) is 17.0. The van der Waals surface area contributed by atoms with E-state index in [9.17, 15) is 4.79 Å². The highest BCUT2D eigenvalue weighted by Crippen LogP contribution is 2.33. The number of pyridine rings is 1. The number of nitrogens with one attached hydrogen (secondary N) is 1. The van der Waals surface area contributed by atoms with Crippen molar-refractivity contribution < 1.29 is 23.4 Å². The highest BCUT2D eigenvalue weighted by atomic mass is 16.5. The molecule has 1 aliphatic carbocycles. The Balaban J connectivity index is 1.23. The van der Waals surface area contributed by atoms with Crippen molar-refractivity contribution in [3.8, 4) is 34.6 Å². The van der Waals surface area contributed by atoms with E-state index in [2.05, 4.69) is 20.5 Å². The topological polar surface area (TPSA) is 109 Å². The van der Waals surface area contributed by atoms with Gasteiger partial charge >= 0.3 is 0 Å². The molecule has 0 unspecified atom stereocenters. The van der Waals surface area contributed by atoms with Crippen LogP contribution in [0.5, 0.6) is 23.0 Å². The Labute approximate surface area is 208 Å². The second-order valence-corrected chi connectivity index (χ2v) is 8.49. The van der Waals surface area contributed by atoms with Crippen LogP contribution >= 0.6 is 0 Å². The zero-order chi connectivity index (χ0) is 24.7. The highest BCUT2D eigenvalue weighted by Gasteiger charge is 2.19. The van der Waals surface area contributed by atoms with Crippen LogP contribution in [0.1, 0.15) is 31.2 Å². The van der Waals surface area contributed by atoms with E-state index in [0.717, 1.165) is 18.4 Å². The van der Waals surface area contributed by atoms with Crippen LogP contribution in [0.4, 0.5) is 5.69 Å². The molecule has 0 atom stereocenters. The lowest BCUT2D eigenvalue weighted by Gasteiger charge is -2.17. The Bertz CT molecular complexity index is 1320. The molecule has 0 spiro atoms. The van der Waals surface area contributed by atoms with Crippen LogP contribution in [0.3, 0.4) is 0 Å². The van der Waals surface area contributed by atoms with E-state index in [4.69, 9.17) is 18.6 Å². The molecular weight excluding hydrogens is 460 g/mol. The fourth-order valence-corrected chi connectivity index (χ4v) is 4.15. The SMILES string of the molecule is COc1ccc(CC(=O)Nc2cccc(Oc3ccnc(-c4nnco4)c3)c2)cc1OC1CCCC1. The largest absolute Gasteiger partial charge is 0.493 e. The van der Waals surface area contributed by atoms with Gasteiger partial charge in [0.25, 0.3) is 5.89 Å². The van der Waals surface area contributed by atoms with Crippen molar-refractivity contribution in [1.29, 1.82) is 0 Å². The zero-order valence-electron chi connectivity index (χ0n) is 19.8. The number of nitrogens with zero attached hydrogens (tertiary/aromatic N) is 3. The van der Waals surface area contributed by atoms with Crippen molar-refractivity contribution in [1.82, 2.24) is 15.2 Å². The van der Waals surface area contributed by atoms with E-state index in [-0.39, 0.29) is 18.4 Å². The number of ether oxygens (including phenoxy) is 3. The van der Waals surface area contributed by atoms with Crippen LogP contribution < -0.4 is 19.5 Å². The molecule has 9 nitrogen and oxygen atoms in total. The molecule has 0 aliphatic heterocycles. The lowest BCUT2D eigenvalue weighted by atomic mass is 10.1. The molecule has 1 amide bonds. The van der Waals surface area contributed by atoms with Crippen LogP contribution in [0, 0.1) is 0 Å². The number of hydrogen-bond acceptors (Lipinski definition) is 8. The average Bonchev–Trinajstić information content (AvgIpc) is 3.60. The lowest BCUT2D eigenvalue weighted by molar-refractivity contribution is -0.115. The number of carbonyl (C=O) groups excluding carboxylic acids is 1. The van der Waals surface area contributed by atoms with Crippen LogP contribution in [0.15, 0.2) is 71.6 Å². The quantitative estimate of drug-likeness (QED) is 0.333. The van der Waals surface area contributed by atoms with Crippen LogP contribution in [-0.4, -0.2) is 34.3 Å². The van der Waals surface area contributed by atoms with Crippen molar-refractivity contribution in [2.24, 2.45) is 0 Å². The van der Waals surface area contributed by atoms with Gasteiger partial charge < -0.3 is 23.9 Å². The van der Waals surface area contributed by atoms with Crippen LogP contribution in [0.25, 0.3) is 11.6 Å². The second kappa shape index (κ2) is 10.9. The maximum absolute atomic E-state index is 12.8. The third-order valence-corrected chi connectivity index (χ3v) is 5.85. The van der Waals surface area contributed by atoms with Gasteiger partial charge in [0.05, 0.1) is 19.6 Å². The predicted molar refractivity (Wildman–Crippen MR) is 132 cm³/mol. The van der Waals surface area contributed by atoms with E-state index in [0.29, 0.717) is 40.3 Å². The van der Waals surface area contributed by atoms with Gasteiger partial charge in [0.15, 0.2) is 11.5 Å². The van der Waals surface area contributed by atoms with Crippen LogP contribution in [-0.2, 0) is 11.2 Å². The minimum Gasteiger partial charge on any atom is -0.493 e. The first kappa shape index (κ1) is 23.3. The molecule has 0 bridgehead atoms. The van der Waals surface area contributed by atoms with Gasteiger partial charge in [-0.1, -0.05) is 12.1 Å². The maximum Gasteiger partial charge on any atom is 0.266 e. The first-order chi connectivity index (χ1) is 17.7. The summed E-state index contributed by atoms with van der Waals surface area (Å²) in [5, 5.41) is 10.5. The number of carbonyl (C=O) groups is 1. The minimum absolute atomic E-state index is 0.147.